The van der Waals surface area contributed by atoms with E-state index in [4.69, 9.17) is 4.42 Å². The summed E-state index contributed by atoms with van der Waals surface area (Å²) < 4.78 is 17.8. The number of aryl methyl sites for hydroxylation is 1. The second-order valence-corrected chi connectivity index (χ2v) is 3.44. The molecule has 2 heterocycles. The van der Waals surface area contributed by atoms with Crippen LogP contribution in [0.15, 0.2) is 34.9 Å². The van der Waals surface area contributed by atoms with E-state index in [-0.39, 0.29) is 11.7 Å². The largest absolute Gasteiger partial charge is 0.456 e. The molecule has 0 aliphatic rings. The van der Waals surface area contributed by atoms with Crippen LogP contribution in [0.25, 0.3) is 0 Å². The van der Waals surface area contributed by atoms with Crippen molar-refractivity contribution >= 4 is 11.6 Å². The molecule has 1 amide bonds. The first-order valence-electron chi connectivity index (χ1n) is 5.20. The number of amides is 1. The lowest BCUT2D eigenvalue weighted by Gasteiger charge is -2.01. The van der Waals surface area contributed by atoms with Gasteiger partial charge in [-0.25, -0.2) is 4.98 Å². The van der Waals surface area contributed by atoms with E-state index in [1.54, 1.807) is 12.1 Å². The van der Waals surface area contributed by atoms with Gasteiger partial charge in [-0.05, 0) is 24.3 Å². The van der Waals surface area contributed by atoms with Crippen LogP contribution in [0.2, 0.25) is 0 Å². The first kappa shape index (κ1) is 11.3. The number of hydrogen-bond acceptors (Lipinski definition) is 3. The van der Waals surface area contributed by atoms with Gasteiger partial charge in [0.15, 0.2) is 5.76 Å². The fraction of sp³-hybridized carbons (Fsp3) is 0.167. The number of carbonyl (C=O) groups excluding carboxylic acids is 1. The first-order chi connectivity index (χ1) is 8.19. The van der Waals surface area contributed by atoms with Gasteiger partial charge in [-0.3, -0.25) is 4.79 Å². The van der Waals surface area contributed by atoms with E-state index >= 15 is 0 Å². The van der Waals surface area contributed by atoms with E-state index in [1.807, 2.05) is 6.92 Å². The molecule has 0 atom stereocenters. The molecule has 0 saturated carbocycles. The lowest BCUT2D eigenvalue weighted by molar-refractivity contribution is 0.0995. The van der Waals surface area contributed by atoms with Crippen LogP contribution in [0.4, 0.5) is 10.1 Å². The van der Waals surface area contributed by atoms with Crippen molar-refractivity contribution < 1.29 is 13.6 Å². The van der Waals surface area contributed by atoms with E-state index < -0.39 is 5.95 Å². The second-order valence-electron chi connectivity index (χ2n) is 3.44. The standard InChI is InChI=1S/C12H11FN2O2/c1-2-9-4-5-10(17-9)12(16)15-8-3-6-11(13)14-7-8/h3-7H,2H2,1H3,(H,15,16). The minimum absolute atomic E-state index is 0.228. The number of hydrogen-bond donors (Lipinski definition) is 1. The van der Waals surface area contributed by atoms with Gasteiger partial charge >= 0.3 is 0 Å². The number of nitrogens with zero attached hydrogens (tertiary/aromatic N) is 1. The normalized spacial score (nSPS) is 10.2. The Morgan fingerprint density at radius 3 is 2.82 bits per heavy atom. The molecular formula is C12H11FN2O2. The fourth-order valence-electron chi connectivity index (χ4n) is 1.33. The summed E-state index contributed by atoms with van der Waals surface area (Å²) in [5.74, 6) is 0.00549. The molecule has 2 rings (SSSR count). The van der Waals surface area contributed by atoms with Crippen molar-refractivity contribution in [1.82, 2.24) is 4.98 Å². The van der Waals surface area contributed by atoms with Gasteiger partial charge in [0.25, 0.3) is 5.91 Å². The number of nitrogens with one attached hydrogen (secondary N) is 1. The van der Waals surface area contributed by atoms with Gasteiger partial charge in [-0.15, -0.1) is 0 Å². The van der Waals surface area contributed by atoms with Crippen molar-refractivity contribution in [2.75, 3.05) is 5.32 Å². The average molecular weight is 234 g/mol. The summed E-state index contributed by atoms with van der Waals surface area (Å²) in [6.07, 6.45) is 1.97. The quantitative estimate of drug-likeness (QED) is 0.830. The number of carbonyl (C=O) groups is 1. The molecule has 1 N–H and O–H groups in total. The maximum Gasteiger partial charge on any atom is 0.291 e. The number of pyridine rings is 1. The molecule has 2 aromatic heterocycles. The van der Waals surface area contributed by atoms with Gasteiger partial charge in [0.05, 0.1) is 11.9 Å². The number of anilines is 1. The third kappa shape index (κ3) is 2.69. The summed E-state index contributed by atoms with van der Waals surface area (Å²) >= 11 is 0. The summed E-state index contributed by atoms with van der Waals surface area (Å²) in [6.45, 7) is 1.93. The minimum atomic E-state index is -0.589. The Bertz CT molecular complexity index is 520. The van der Waals surface area contributed by atoms with Crippen molar-refractivity contribution in [3.05, 3.63) is 47.9 Å². The van der Waals surface area contributed by atoms with Crippen molar-refractivity contribution in [3.63, 3.8) is 0 Å². The van der Waals surface area contributed by atoms with Crippen molar-refractivity contribution in [3.8, 4) is 0 Å². The Hall–Kier alpha value is -2.17. The number of aromatic nitrogens is 1. The van der Waals surface area contributed by atoms with Crippen LogP contribution in [0.1, 0.15) is 23.2 Å². The Labute approximate surface area is 97.5 Å². The molecule has 0 fully saturated rings. The maximum atomic E-state index is 12.6. The molecule has 17 heavy (non-hydrogen) atoms. The minimum Gasteiger partial charge on any atom is -0.456 e. The van der Waals surface area contributed by atoms with Crippen LogP contribution >= 0.6 is 0 Å². The first-order valence-corrected chi connectivity index (χ1v) is 5.20. The van der Waals surface area contributed by atoms with E-state index in [2.05, 4.69) is 10.3 Å². The van der Waals surface area contributed by atoms with E-state index in [9.17, 15) is 9.18 Å². The van der Waals surface area contributed by atoms with Crippen LogP contribution in [-0.2, 0) is 6.42 Å². The molecule has 0 saturated heterocycles. The molecule has 0 aromatic carbocycles. The molecule has 0 unspecified atom stereocenters. The molecule has 5 heteroatoms. The van der Waals surface area contributed by atoms with Gasteiger partial charge in [0.2, 0.25) is 5.95 Å². The van der Waals surface area contributed by atoms with E-state index in [1.165, 1.54) is 18.3 Å². The van der Waals surface area contributed by atoms with E-state index in [0.717, 1.165) is 12.2 Å². The molecular weight excluding hydrogens is 223 g/mol. The lowest BCUT2D eigenvalue weighted by atomic mass is 10.3. The predicted molar refractivity (Wildman–Crippen MR) is 60.2 cm³/mol. The zero-order chi connectivity index (χ0) is 12.3. The second kappa shape index (κ2) is 4.78. The Kier molecular flexibility index (Phi) is 3.18. The summed E-state index contributed by atoms with van der Waals surface area (Å²) in [5, 5.41) is 2.56. The van der Waals surface area contributed by atoms with Crippen LogP contribution < -0.4 is 5.32 Å². The van der Waals surface area contributed by atoms with Gasteiger partial charge in [0.1, 0.15) is 5.76 Å². The molecule has 0 bridgehead atoms. The van der Waals surface area contributed by atoms with Crippen molar-refractivity contribution in [2.45, 2.75) is 13.3 Å². The number of furan rings is 1. The highest BCUT2D eigenvalue weighted by Crippen LogP contribution is 2.12. The monoisotopic (exact) mass is 234 g/mol. The summed E-state index contributed by atoms with van der Waals surface area (Å²) in [5.41, 5.74) is 0.422. The van der Waals surface area contributed by atoms with Crippen LogP contribution in [-0.4, -0.2) is 10.9 Å². The Balaban J connectivity index is 2.08. The van der Waals surface area contributed by atoms with Gasteiger partial charge in [0, 0.05) is 6.42 Å². The SMILES string of the molecule is CCc1ccc(C(=O)Nc2ccc(F)nc2)o1. The molecule has 0 aliphatic carbocycles. The maximum absolute atomic E-state index is 12.6. The van der Waals surface area contributed by atoms with Crippen LogP contribution in [0, 0.1) is 5.95 Å². The highest BCUT2D eigenvalue weighted by molar-refractivity contribution is 6.02. The topological polar surface area (TPSA) is 55.1 Å². The molecule has 0 radical (unpaired) electrons. The smallest absolute Gasteiger partial charge is 0.291 e. The molecule has 4 nitrogen and oxygen atoms in total. The van der Waals surface area contributed by atoms with Gasteiger partial charge < -0.3 is 9.73 Å². The average Bonchev–Trinajstić information content (AvgIpc) is 2.81. The highest BCUT2D eigenvalue weighted by Gasteiger charge is 2.10. The summed E-state index contributed by atoms with van der Waals surface area (Å²) in [7, 11) is 0. The molecule has 2 aromatic rings. The zero-order valence-electron chi connectivity index (χ0n) is 9.24. The zero-order valence-corrected chi connectivity index (χ0v) is 9.24. The van der Waals surface area contributed by atoms with Crippen molar-refractivity contribution in [1.29, 1.82) is 0 Å². The number of halogens is 1. The molecule has 0 spiro atoms. The third-order valence-corrected chi connectivity index (χ3v) is 2.22. The van der Waals surface area contributed by atoms with Crippen LogP contribution in [0.3, 0.4) is 0 Å². The third-order valence-electron chi connectivity index (χ3n) is 2.22. The predicted octanol–water partition coefficient (Wildman–Crippen LogP) is 2.63. The van der Waals surface area contributed by atoms with E-state index in [0.29, 0.717) is 5.69 Å². The summed E-state index contributed by atoms with van der Waals surface area (Å²) in [4.78, 5) is 15.1. The Morgan fingerprint density at radius 1 is 1.41 bits per heavy atom. The molecule has 0 aliphatic heterocycles. The number of rotatable bonds is 3. The lowest BCUT2D eigenvalue weighted by Crippen LogP contribution is -2.11. The fourth-order valence-corrected chi connectivity index (χ4v) is 1.33. The van der Waals surface area contributed by atoms with Gasteiger partial charge in [-0.2, -0.15) is 4.39 Å². The van der Waals surface area contributed by atoms with Crippen molar-refractivity contribution in [2.24, 2.45) is 0 Å². The van der Waals surface area contributed by atoms with Crippen LogP contribution in [0.5, 0.6) is 0 Å². The Morgan fingerprint density at radius 2 is 2.24 bits per heavy atom. The molecule has 88 valence electrons. The van der Waals surface area contributed by atoms with Gasteiger partial charge in [-0.1, -0.05) is 6.92 Å². The highest BCUT2D eigenvalue weighted by atomic mass is 19.1. The summed E-state index contributed by atoms with van der Waals surface area (Å²) in [6, 6.07) is 5.96.